The Morgan fingerprint density at radius 1 is 1.22 bits per heavy atom. The second kappa shape index (κ2) is 7.30. The summed E-state index contributed by atoms with van der Waals surface area (Å²) in [6.45, 7) is 4.29. The van der Waals surface area contributed by atoms with Crippen molar-refractivity contribution in [3.63, 3.8) is 0 Å². The molecule has 0 aromatic heterocycles. The molecule has 0 N–H and O–H groups in total. The zero-order chi connectivity index (χ0) is 12.6. The van der Waals surface area contributed by atoms with Crippen molar-refractivity contribution >= 4 is 11.8 Å². The summed E-state index contributed by atoms with van der Waals surface area (Å²) >= 11 is 2.04. The van der Waals surface area contributed by atoms with Crippen LogP contribution in [0.5, 0.6) is 5.75 Å². The first-order valence-electron chi connectivity index (χ1n) is 6.31. The van der Waals surface area contributed by atoms with Crippen molar-refractivity contribution < 1.29 is 4.74 Å². The van der Waals surface area contributed by atoms with Gasteiger partial charge in [-0.05, 0) is 30.7 Å². The number of rotatable bonds is 5. The van der Waals surface area contributed by atoms with Crippen molar-refractivity contribution in [3.05, 3.63) is 29.8 Å². The van der Waals surface area contributed by atoms with Gasteiger partial charge in [0.15, 0.2) is 0 Å². The van der Waals surface area contributed by atoms with Crippen LogP contribution in [0.3, 0.4) is 0 Å². The molecule has 1 aliphatic heterocycles. The minimum Gasteiger partial charge on any atom is -0.494 e. The van der Waals surface area contributed by atoms with Crippen molar-refractivity contribution in [1.82, 2.24) is 4.90 Å². The van der Waals surface area contributed by atoms with Crippen LogP contribution in [-0.4, -0.2) is 42.6 Å². The molecule has 0 amide bonds. The fourth-order valence-corrected chi connectivity index (χ4v) is 2.91. The first-order valence-corrected chi connectivity index (χ1v) is 7.47. The smallest absolute Gasteiger partial charge is 0.119 e. The molecule has 0 aliphatic carbocycles. The number of thioether (sulfide) groups is 1. The van der Waals surface area contributed by atoms with Gasteiger partial charge in [-0.3, -0.25) is 0 Å². The van der Waals surface area contributed by atoms with Gasteiger partial charge < -0.3 is 9.64 Å². The van der Waals surface area contributed by atoms with Crippen molar-refractivity contribution in [2.75, 3.05) is 37.7 Å². The number of ether oxygens (including phenoxy) is 1. The molecule has 3 nitrogen and oxygen atoms in total. The van der Waals surface area contributed by atoms with Crippen LogP contribution >= 0.6 is 11.8 Å². The lowest BCUT2D eigenvalue weighted by Gasteiger charge is -2.25. The fourth-order valence-electron chi connectivity index (χ4n) is 1.93. The van der Waals surface area contributed by atoms with Gasteiger partial charge in [-0.1, -0.05) is 0 Å². The Bertz CT molecular complexity index is 393. The third-order valence-electron chi connectivity index (χ3n) is 2.97. The Kier molecular flexibility index (Phi) is 5.37. The average molecular weight is 262 g/mol. The van der Waals surface area contributed by atoms with Crippen LogP contribution < -0.4 is 4.74 Å². The highest BCUT2D eigenvalue weighted by Crippen LogP contribution is 2.12. The minimum atomic E-state index is 0.674. The van der Waals surface area contributed by atoms with Gasteiger partial charge in [0.2, 0.25) is 0 Å². The van der Waals surface area contributed by atoms with Crippen molar-refractivity contribution in [2.45, 2.75) is 6.42 Å². The SMILES string of the molecule is N#Cc1ccc(OCCCN2CCSCC2)cc1. The van der Waals surface area contributed by atoms with E-state index in [0.717, 1.165) is 25.3 Å². The third-order valence-corrected chi connectivity index (χ3v) is 3.92. The van der Waals surface area contributed by atoms with Crippen molar-refractivity contribution in [1.29, 1.82) is 5.26 Å². The van der Waals surface area contributed by atoms with Crippen molar-refractivity contribution in [2.24, 2.45) is 0 Å². The molecule has 0 unspecified atom stereocenters. The minimum absolute atomic E-state index is 0.674. The van der Waals surface area contributed by atoms with E-state index in [2.05, 4.69) is 11.0 Å². The maximum absolute atomic E-state index is 8.69. The first-order chi connectivity index (χ1) is 8.88. The van der Waals surface area contributed by atoms with E-state index in [4.69, 9.17) is 10.00 Å². The quantitative estimate of drug-likeness (QED) is 0.763. The van der Waals surface area contributed by atoms with E-state index in [9.17, 15) is 0 Å². The Morgan fingerprint density at radius 2 is 1.94 bits per heavy atom. The molecule has 0 radical (unpaired) electrons. The normalized spacial score (nSPS) is 16.2. The molecular formula is C14H18N2OS. The number of nitrogens with zero attached hydrogens (tertiary/aromatic N) is 2. The lowest BCUT2D eigenvalue weighted by molar-refractivity contribution is 0.248. The molecule has 0 saturated carbocycles. The van der Waals surface area contributed by atoms with Gasteiger partial charge in [-0.15, -0.1) is 0 Å². The molecule has 1 saturated heterocycles. The number of hydrogen-bond donors (Lipinski definition) is 0. The summed E-state index contributed by atoms with van der Waals surface area (Å²) in [5.41, 5.74) is 0.674. The van der Waals surface area contributed by atoms with Gasteiger partial charge in [0.05, 0.1) is 18.2 Å². The highest BCUT2D eigenvalue weighted by Gasteiger charge is 2.09. The summed E-state index contributed by atoms with van der Waals surface area (Å²) in [5, 5.41) is 8.69. The first kappa shape index (κ1) is 13.3. The predicted molar refractivity (Wildman–Crippen MR) is 75.0 cm³/mol. The molecule has 1 heterocycles. The largest absolute Gasteiger partial charge is 0.494 e. The third kappa shape index (κ3) is 4.25. The molecule has 1 aliphatic rings. The molecule has 0 bridgehead atoms. The van der Waals surface area contributed by atoms with Gasteiger partial charge >= 0.3 is 0 Å². The molecule has 2 rings (SSSR count). The van der Waals surface area contributed by atoms with Gasteiger partial charge in [0.1, 0.15) is 5.75 Å². The summed E-state index contributed by atoms with van der Waals surface area (Å²) in [6.07, 6.45) is 1.06. The Balaban J connectivity index is 1.63. The van der Waals surface area contributed by atoms with Crippen LogP contribution in [0.2, 0.25) is 0 Å². The lowest BCUT2D eigenvalue weighted by Crippen LogP contribution is -2.33. The summed E-state index contributed by atoms with van der Waals surface area (Å²) in [6, 6.07) is 9.39. The maximum atomic E-state index is 8.69. The van der Waals surface area contributed by atoms with Crippen LogP contribution in [0.15, 0.2) is 24.3 Å². The van der Waals surface area contributed by atoms with Gasteiger partial charge in [-0.2, -0.15) is 17.0 Å². The molecule has 0 atom stereocenters. The van der Waals surface area contributed by atoms with E-state index >= 15 is 0 Å². The Hall–Kier alpha value is -1.18. The fraction of sp³-hybridized carbons (Fsp3) is 0.500. The standard InChI is InChI=1S/C14H18N2OS/c15-12-13-2-4-14(5-3-13)17-9-1-6-16-7-10-18-11-8-16/h2-5H,1,6-11H2. The highest BCUT2D eigenvalue weighted by atomic mass is 32.2. The summed E-state index contributed by atoms with van der Waals surface area (Å²) in [5.74, 6) is 3.37. The van der Waals surface area contributed by atoms with Crippen LogP contribution in [0, 0.1) is 11.3 Å². The predicted octanol–water partition coefficient (Wildman–Crippen LogP) is 2.38. The zero-order valence-corrected chi connectivity index (χ0v) is 11.3. The number of benzene rings is 1. The monoisotopic (exact) mass is 262 g/mol. The molecular weight excluding hydrogens is 244 g/mol. The number of hydrogen-bond acceptors (Lipinski definition) is 4. The molecule has 96 valence electrons. The van der Waals surface area contributed by atoms with Crippen LogP contribution in [0.1, 0.15) is 12.0 Å². The van der Waals surface area contributed by atoms with E-state index < -0.39 is 0 Å². The van der Waals surface area contributed by atoms with E-state index in [1.807, 2.05) is 23.9 Å². The van der Waals surface area contributed by atoms with Crippen LogP contribution in [0.4, 0.5) is 0 Å². The van der Waals surface area contributed by atoms with Gasteiger partial charge in [0, 0.05) is 31.1 Å². The van der Waals surface area contributed by atoms with E-state index in [0.29, 0.717) is 5.56 Å². The molecule has 1 aromatic carbocycles. The van der Waals surface area contributed by atoms with Gasteiger partial charge in [0.25, 0.3) is 0 Å². The Labute approximate surface area is 113 Å². The van der Waals surface area contributed by atoms with E-state index in [-0.39, 0.29) is 0 Å². The number of nitriles is 1. The van der Waals surface area contributed by atoms with E-state index in [1.165, 1.54) is 24.6 Å². The van der Waals surface area contributed by atoms with Crippen molar-refractivity contribution in [3.8, 4) is 11.8 Å². The lowest BCUT2D eigenvalue weighted by atomic mass is 10.2. The molecule has 0 spiro atoms. The summed E-state index contributed by atoms with van der Waals surface area (Å²) in [7, 11) is 0. The second-order valence-corrected chi connectivity index (χ2v) is 5.52. The topological polar surface area (TPSA) is 36.3 Å². The molecule has 4 heteroatoms. The second-order valence-electron chi connectivity index (χ2n) is 4.29. The average Bonchev–Trinajstić information content (AvgIpc) is 2.45. The molecule has 18 heavy (non-hydrogen) atoms. The van der Waals surface area contributed by atoms with Gasteiger partial charge in [-0.25, -0.2) is 0 Å². The molecule has 1 aromatic rings. The van der Waals surface area contributed by atoms with Crippen LogP contribution in [0.25, 0.3) is 0 Å². The summed E-state index contributed by atoms with van der Waals surface area (Å²) < 4.78 is 5.66. The Morgan fingerprint density at radius 3 is 2.61 bits per heavy atom. The molecule has 1 fully saturated rings. The zero-order valence-electron chi connectivity index (χ0n) is 10.5. The summed E-state index contributed by atoms with van der Waals surface area (Å²) in [4.78, 5) is 2.50. The maximum Gasteiger partial charge on any atom is 0.119 e. The van der Waals surface area contributed by atoms with E-state index in [1.54, 1.807) is 12.1 Å². The highest BCUT2D eigenvalue weighted by molar-refractivity contribution is 7.99. The van der Waals surface area contributed by atoms with Crippen LogP contribution in [-0.2, 0) is 0 Å².